The van der Waals surface area contributed by atoms with Crippen LogP contribution in [0, 0.1) is 0 Å². The summed E-state index contributed by atoms with van der Waals surface area (Å²) in [7, 11) is 0. The van der Waals surface area contributed by atoms with Crippen LogP contribution in [0.1, 0.15) is 13.8 Å². The van der Waals surface area contributed by atoms with Crippen LogP contribution in [-0.4, -0.2) is 62.0 Å². The maximum absolute atomic E-state index is 11.8. The van der Waals surface area contributed by atoms with Gasteiger partial charge in [0.25, 0.3) is 5.56 Å². The molecular formula is C14H17N5O5. The molecule has 3 N–H and O–H groups in total. The predicted octanol–water partition coefficient (Wildman–Crippen LogP) is -0.638. The Kier molecular flexibility index (Phi) is 3.49. The van der Waals surface area contributed by atoms with Crippen LogP contribution in [0.3, 0.4) is 0 Å². The molecule has 2 fully saturated rings. The van der Waals surface area contributed by atoms with Crippen molar-refractivity contribution in [1.82, 2.24) is 19.9 Å². The van der Waals surface area contributed by atoms with E-state index in [-0.39, 0.29) is 17.7 Å². The first-order chi connectivity index (χ1) is 11.5. The summed E-state index contributed by atoms with van der Waals surface area (Å²) in [5.41, 5.74) is 0.143. The number of fused-ring (bicyclic) bond motifs is 2. The van der Waals surface area contributed by atoms with Crippen molar-refractivity contribution in [2.45, 2.75) is 44.2 Å². The van der Waals surface area contributed by atoms with E-state index in [1.165, 1.54) is 12.7 Å². The van der Waals surface area contributed by atoms with Crippen molar-refractivity contribution >= 4 is 16.9 Å². The lowest BCUT2D eigenvalue weighted by molar-refractivity contribution is -0.187. The first-order valence-electron chi connectivity index (χ1n) is 7.55. The van der Waals surface area contributed by atoms with Crippen molar-refractivity contribution in [3.05, 3.63) is 23.0 Å². The highest BCUT2D eigenvalue weighted by Crippen LogP contribution is 2.38. The Hall–Kier alpha value is -2.14. The van der Waals surface area contributed by atoms with Gasteiger partial charge in [0.05, 0.1) is 12.9 Å². The Morgan fingerprint density at radius 1 is 1.25 bits per heavy atom. The lowest BCUT2D eigenvalue weighted by Gasteiger charge is -2.24. The van der Waals surface area contributed by atoms with Gasteiger partial charge >= 0.3 is 0 Å². The number of nitrogens with zero attached hydrogens (tertiary/aromatic N) is 3. The number of aliphatic hydroxyl groups is 1. The highest BCUT2D eigenvalue weighted by atomic mass is 16.8. The molecule has 10 heteroatoms. The van der Waals surface area contributed by atoms with Gasteiger partial charge in [0, 0.05) is 0 Å². The summed E-state index contributed by atoms with van der Waals surface area (Å²) in [5.74, 6) is -0.419. The van der Waals surface area contributed by atoms with Crippen molar-refractivity contribution < 1.29 is 19.3 Å². The Balaban J connectivity index is 1.66. The SMILES string of the molecule is CC1(C)O[C@@H]2[C@H](O1)[C@@H](CO)O[C@H]2Nc1ncnc2c(=O)[nH]cnc12. The highest BCUT2D eigenvalue weighted by molar-refractivity contribution is 5.83. The molecule has 24 heavy (non-hydrogen) atoms. The van der Waals surface area contributed by atoms with E-state index in [0.717, 1.165) is 0 Å². The maximum atomic E-state index is 11.8. The number of nitrogens with one attached hydrogen (secondary N) is 2. The average molecular weight is 335 g/mol. The van der Waals surface area contributed by atoms with Gasteiger partial charge in [-0.25, -0.2) is 15.0 Å². The summed E-state index contributed by atoms with van der Waals surface area (Å²) in [5, 5.41) is 12.6. The molecule has 4 heterocycles. The Labute approximate surface area is 136 Å². The number of hydrogen-bond acceptors (Lipinski definition) is 9. The Morgan fingerprint density at radius 2 is 2.04 bits per heavy atom. The van der Waals surface area contributed by atoms with E-state index in [9.17, 15) is 9.90 Å². The third kappa shape index (κ3) is 2.44. The molecule has 2 aliphatic heterocycles. The van der Waals surface area contributed by atoms with Gasteiger partial charge in [0.1, 0.15) is 30.2 Å². The fourth-order valence-corrected chi connectivity index (χ4v) is 3.08. The number of H-pyrrole nitrogens is 1. The number of rotatable bonds is 3. The molecule has 2 aliphatic rings. The van der Waals surface area contributed by atoms with Gasteiger partial charge in [0.15, 0.2) is 23.3 Å². The van der Waals surface area contributed by atoms with E-state index in [1.54, 1.807) is 13.8 Å². The number of aliphatic hydroxyl groups excluding tert-OH is 1. The predicted molar refractivity (Wildman–Crippen MR) is 81.1 cm³/mol. The zero-order valence-electron chi connectivity index (χ0n) is 13.1. The smallest absolute Gasteiger partial charge is 0.277 e. The summed E-state index contributed by atoms with van der Waals surface area (Å²) in [6.07, 6.45) is 0.614. The molecular weight excluding hydrogens is 318 g/mol. The normalized spacial score (nSPS) is 31.3. The lowest BCUT2D eigenvalue weighted by Crippen LogP contribution is -2.35. The molecule has 0 amide bonds. The van der Waals surface area contributed by atoms with Crippen LogP contribution in [0.4, 0.5) is 5.82 Å². The third-order valence-electron chi connectivity index (χ3n) is 4.04. The van der Waals surface area contributed by atoms with E-state index in [0.29, 0.717) is 11.3 Å². The second-order valence-electron chi connectivity index (χ2n) is 6.14. The van der Waals surface area contributed by atoms with E-state index < -0.39 is 30.3 Å². The summed E-state index contributed by atoms with van der Waals surface area (Å²) in [6.45, 7) is 3.41. The summed E-state index contributed by atoms with van der Waals surface area (Å²) in [4.78, 5) is 26.5. The molecule has 4 atom stereocenters. The minimum Gasteiger partial charge on any atom is -0.394 e. The molecule has 0 aliphatic carbocycles. The van der Waals surface area contributed by atoms with E-state index in [4.69, 9.17) is 14.2 Å². The van der Waals surface area contributed by atoms with Gasteiger partial charge < -0.3 is 29.6 Å². The fourth-order valence-electron chi connectivity index (χ4n) is 3.08. The fraction of sp³-hybridized carbons (Fsp3) is 0.571. The first kappa shape index (κ1) is 15.4. The van der Waals surface area contributed by atoms with Gasteiger partial charge in [-0.05, 0) is 13.8 Å². The molecule has 0 saturated carbocycles. The Morgan fingerprint density at radius 3 is 2.83 bits per heavy atom. The number of aromatic amines is 1. The van der Waals surface area contributed by atoms with Crippen LogP contribution < -0.4 is 10.9 Å². The zero-order chi connectivity index (χ0) is 16.9. The minimum absolute atomic E-state index is 0.173. The van der Waals surface area contributed by atoms with Crippen molar-refractivity contribution in [3.63, 3.8) is 0 Å². The molecule has 2 saturated heterocycles. The molecule has 128 valence electrons. The van der Waals surface area contributed by atoms with E-state index >= 15 is 0 Å². The van der Waals surface area contributed by atoms with Gasteiger partial charge in [-0.15, -0.1) is 0 Å². The molecule has 0 unspecified atom stereocenters. The quantitative estimate of drug-likeness (QED) is 0.670. The maximum Gasteiger partial charge on any atom is 0.277 e. The zero-order valence-corrected chi connectivity index (χ0v) is 13.1. The first-order valence-corrected chi connectivity index (χ1v) is 7.55. The van der Waals surface area contributed by atoms with Gasteiger partial charge in [-0.2, -0.15) is 0 Å². The summed E-state index contributed by atoms with van der Waals surface area (Å²) in [6, 6.07) is 0. The molecule has 0 aromatic carbocycles. The topological polar surface area (TPSA) is 131 Å². The molecule has 0 radical (unpaired) electrons. The van der Waals surface area contributed by atoms with Gasteiger partial charge in [-0.3, -0.25) is 4.79 Å². The van der Waals surface area contributed by atoms with Crippen molar-refractivity contribution in [2.24, 2.45) is 0 Å². The number of hydrogen-bond donors (Lipinski definition) is 3. The van der Waals surface area contributed by atoms with Gasteiger partial charge in [0.2, 0.25) is 0 Å². The molecule has 2 aromatic heterocycles. The van der Waals surface area contributed by atoms with Crippen LogP contribution in [-0.2, 0) is 14.2 Å². The molecule has 4 rings (SSSR count). The van der Waals surface area contributed by atoms with Crippen LogP contribution in [0.2, 0.25) is 0 Å². The minimum atomic E-state index is -0.768. The number of anilines is 1. The van der Waals surface area contributed by atoms with Crippen molar-refractivity contribution in [2.75, 3.05) is 11.9 Å². The summed E-state index contributed by atoms with van der Waals surface area (Å²) < 4.78 is 17.4. The van der Waals surface area contributed by atoms with E-state index in [1.807, 2.05) is 0 Å². The van der Waals surface area contributed by atoms with Crippen LogP contribution in [0.25, 0.3) is 11.0 Å². The molecule has 0 spiro atoms. The van der Waals surface area contributed by atoms with Crippen LogP contribution in [0.15, 0.2) is 17.4 Å². The average Bonchev–Trinajstić information content (AvgIpc) is 3.02. The van der Waals surface area contributed by atoms with Crippen molar-refractivity contribution in [3.8, 4) is 0 Å². The molecule has 10 nitrogen and oxygen atoms in total. The highest BCUT2D eigenvalue weighted by Gasteiger charge is 2.55. The molecule has 0 bridgehead atoms. The largest absolute Gasteiger partial charge is 0.394 e. The van der Waals surface area contributed by atoms with Crippen LogP contribution in [0.5, 0.6) is 0 Å². The van der Waals surface area contributed by atoms with E-state index in [2.05, 4.69) is 25.3 Å². The molecule has 2 aromatic rings. The van der Waals surface area contributed by atoms with Crippen LogP contribution >= 0.6 is 0 Å². The lowest BCUT2D eigenvalue weighted by atomic mass is 10.1. The standard InChI is InChI=1S/C14H17N5O5/c1-14(2)23-9-6(3-20)22-13(10(9)24-14)19-11-7-8(16-4-17-11)12(21)18-5-15-7/h4-6,9-10,13,20H,3H2,1-2H3,(H,15,18,21)(H,16,17,19)/t6-,9-,10-,13-/m1/s1. The Bertz CT molecular complexity index is 825. The second kappa shape index (κ2) is 5.45. The monoisotopic (exact) mass is 335 g/mol. The van der Waals surface area contributed by atoms with Gasteiger partial charge in [-0.1, -0.05) is 0 Å². The number of ether oxygens (including phenoxy) is 3. The summed E-state index contributed by atoms with van der Waals surface area (Å²) >= 11 is 0. The van der Waals surface area contributed by atoms with Crippen molar-refractivity contribution in [1.29, 1.82) is 0 Å². The third-order valence-corrected chi connectivity index (χ3v) is 4.04. The number of aromatic nitrogens is 4. The second-order valence-corrected chi connectivity index (χ2v) is 6.14.